The lowest BCUT2D eigenvalue weighted by Gasteiger charge is -2.33. The molecule has 1 saturated heterocycles. The molecule has 0 bridgehead atoms. The molecule has 1 aliphatic heterocycles. The zero-order chi connectivity index (χ0) is 18.0. The number of likely N-dealkylation sites (tertiary alicyclic amines) is 1. The van der Waals surface area contributed by atoms with E-state index in [4.69, 9.17) is 4.42 Å². The summed E-state index contributed by atoms with van der Waals surface area (Å²) in [4.78, 5) is 15.0. The van der Waals surface area contributed by atoms with Gasteiger partial charge in [-0.25, -0.2) is 0 Å². The molecular weight excluding hydrogens is 380 g/mol. The second-order valence-electron chi connectivity index (χ2n) is 6.87. The van der Waals surface area contributed by atoms with E-state index in [1.54, 1.807) is 6.92 Å². The maximum atomic E-state index is 12.5. The Hall–Kier alpha value is -1.59. The lowest BCUT2D eigenvalue weighted by Crippen LogP contribution is -2.36. The van der Waals surface area contributed by atoms with Gasteiger partial charge in [0, 0.05) is 18.3 Å². The van der Waals surface area contributed by atoms with Crippen LogP contribution in [0.15, 0.2) is 33.2 Å². The Balaban J connectivity index is 1.65. The summed E-state index contributed by atoms with van der Waals surface area (Å²) in [6.45, 7) is 8.09. The van der Waals surface area contributed by atoms with Crippen molar-refractivity contribution in [2.75, 3.05) is 11.9 Å². The van der Waals surface area contributed by atoms with E-state index < -0.39 is 0 Å². The minimum absolute atomic E-state index is 0.154. The third-order valence-electron chi connectivity index (χ3n) is 4.95. The molecule has 0 saturated carbocycles. The number of amides is 1. The molecule has 2 aromatic rings. The van der Waals surface area contributed by atoms with Crippen LogP contribution in [0.1, 0.15) is 53.6 Å². The van der Waals surface area contributed by atoms with Gasteiger partial charge in [0.1, 0.15) is 11.5 Å². The molecule has 25 heavy (non-hydrogen) atoms. The van der Waals surface area contributed by atoms with Crippen LogP contribution in [-0.4, -0.2) is 23.4 Å². The van der Waals surface area contributed by atoms with Gasteiger partial charge in [0.2, 0.25) is 0 Å². The summed E-state index contributed by atoms with van der Waals surface area (Å²) in [5.41, 5.74) is 2.64. The molecule has 1 aliphatic rings. The van der Waals surface area contributed by atoms with Crippen molar-refractivity contribution in [1.82, 2.24) is 4.90 Å². The van der Waals surface area contributed by atoms with Gasteiger partial charge in [-0.15, -0.1) is 0 Å². The largest absolute Gasteiger partial charge is 0.465 e. The van der Waals surface area contributed by atoms with Crippen LogP contribution in [0.4, 0.5) is 5.69 Å². The average Bonchev–Trinajstić information content (AvgIpc) is 2.84. The molecule has 1 N–H and O–H groups in total. The number of hydrogen-bond donors (Lipinski definition) is 1. The van der Waals surface area contributed by atoms with Gasteiger partial charge < -0.3 is 9.73 Å². The number of carbonyl (C=O) groups is 1. The molecule has 1 amide bonds. The molecule has 0 spiro atoms. The molecule has 1 unspecified atom stereocenters. The van der Waals surface area contributed by atoms with Gasteiger partial charge in [-0.1, -0.05) is 18.6 Å². The number of piperidine rings is 1. The number of benzene rings is 1. The fourth-order valence-electron chi connectivity index (χ4n) is 3.43. The molecule has 5 heteroatoms. The first-order valence-electron chi connectivity index (χ1n) is 8.85. The minimum Gasteiger partial charge on any atom is -0.465 e. The number of carbonyl (C=O) groups excluding carboxylic acids is 1. The predicted molar refractivity (Wildman–Crippen MR) is 104 cm³/mol. The van der Waals surface area contributed by atoms with E-state index in [1.165, 1.54) is 31.4 Å². The topological polar surface area (TPSA) is 45.5 Å². The summed E-state index contributed by atoms with van der Waals surface area (Å²) in [5, 5.41) is 2.95. The normalized spacial score (nSPS) is 18.3. The summed E-state index contributed by atoms with van der Waals surface area (Å²) in [5.74, 6) is 1.19. The van der Waals surface area contributed by atoms with E-state index in [-0.39, 0.29) is 5.91 Å². The molecule has 1 aromatic heterocycles. The highest BCUT2D eigenvalue weighted by Crippen LogP contribution is 2.28. The number of hydrogen-bond acceptors (Lipinski definition) is 3. The van der Waals surface area contributed by atoms with Crippen molar-refractivity contribution < 1.29 is 9.21 Å². The SMILES string of the molecule is Cc1oc(C)c(C(=O)Nc2ccc(CN3CCCCC3C)cc2)c1Br. The number of furan rings is 1. The Morgan fingerprint density at radius 1 is 1.24 bits per heavy atom. The summed E-state index contributed by atoms with van der Waals surface area (Å²) < 4.78 is 6.23. The van der Waals surface area contributed by atoms with Crippen molar-refractivity contribution in [3.63, 3.8) is 0 Å². The van der Waals surface area contributed by atoms with Crippen molar-refractivity contribution in [2.45, 2.75) is 52.6 Å². The molecule has 0 aliphatic carbocycles. The first kappa shape index (κ1) is 18.2. The molecule has 134 valence electrons. The predicted octanol–water partition coefficient (Wildman–Crippen LogP) is 5.29. The highest BCUT2D eigenvalue weighted by Gasteiger charge is 2.20. The third-order valence-corrected chi connectivity index (χ3v) is 5.91. The Morgan fingerprint density at radius 3 is 2.56 bits per heavy atom. The summed E-state index contributed by atoms with van der Waals surface area (Å²) in [7, 11) is 0. The number of aryl methyl sites for hydroxylation is 2. The van der Waals surface area contributed by atoms with Crippen molar-refractivity contribution in [2.24, 2.45) is 0 Å². The highest BCUT2D eigenvalue weighted by molar-refractivity contribution is 9.10. The van der Waals surface area contributed by atoms with E-state index in [1.807, 2.05) is 19.1 Å². The van der Waals surface area contributed by atoms with E-state index in [0.717, 1.165) is 16.7 Å². The molecule has 0 radical (unpaired) electrons. The zero-order valence-corrected chi connectivity index (χ0v) is 16.6. The second kappa shape index (κ2) is 7.75. The third kappa shape index (κ3) is 4.15. The Bertz CT molecular complexity index is 752. The standard InChI is InChI=1S/C20H25BrN2O2/c1-13-6-4-5-11-23(13)12-16-7-9-17(10-8-16)22-20(24)18-14(2)25-15(3)19(18)21/h7-10,13H,4-6,11-12H2,1-3H3,(H,22,24). The van der Waals surface area contributed by atoms with Crippen molar-refractivity contribution in [3.8, 4) is 0 Å². The number of halogens is 1. The van der Waals surface area contributed by atoms with Crippen LogP contribution in [0, 0.1) is 13.8 Å². The van der Waals surface area contributed by atoms with E-state index in [9.17, 15) is 4.79 Å². The zero-order valence-electron chi connectivity index (χ0n) is 15.1. The van der Waals surface area contributed by atoms with Gasteiger partial charge in [-0.3, -0.25) is 9.69 Å². The number of nitrogens with one attached hydrogen (secondary N) is 1. The van der Waals surface area contributed by atoms with Crippen molar-refractivity contribution in [3.05, 3.63) is 51.4 Å². The quantitative estimate of drug-likeness (QED) is 0.752. The van der Waals surface area contributed by atoms with Gasteiger partial charge in [0.15, 0.2) is 0 Å². The van der Waals surface area contributed by atoms with Gasteiger partial charge in [-0.05, 0) is 73.8 Å². The molecule has 1 aromatic carbocycles. The smallest absolute Gasteiger partial charge is 0.260 e. The van der Waals surface area contributed by atoms with E-state index in [0.29, 0.717) is 23.1 Å². The Kier molecular flexibility index (Phi) is 5.64. The molecule has 4 nitrogen and oxygen atoms in total. The monoisotopic (exact) mass is 404 g/mol. The summed E-state index contributed by atoms with van der Waals surface area (Å²) >= 11 is 3.43. The first-order valence-corrected chi connectivity index (χ1v) is 9.65. The Morgan fingerprint density at radius 2 is 1.96 bits per heavy atom. The van der Waals surface area contributed by atoms with E-state index >= 15 is 0 Å². The second-order valence-corrected chi connectivity index (χ2v) is 7.66. The molecule has 1 atom stereocenters. The first-order chi connectivity index (χ1) is 12.0. The van der Waals surface area contributed by atoms with Crippen LogP contribution in [0.25, 0.3) is 0 Å². The molecule has 3 rings (SSSR count). The van der Waals surface area contributed by atoms with Crippen LogP contribution in [0.5, 0.6) is 0 Å². The van der Waals surface area contributed by atoms with Crippen LogP contribution in [0.3, 0.4) is 0 Å². The molecule has 1 fully saturated rings. The van der Waals surface area contributed by atoms with Crippen LogP contribution >= 0.6 is 15.9 Å². The van der Waals surface area contributed by atoms with Crippen LogP contribution in [-0.2, 0) is 6.54 Å². The molecular formula is C20H25BrN2O2. The van der Waals surface area contributed by atoms with Crippen LogP contribution < -0.4 is 5.32 Å². The number of nitrogens with zero attached hydrogens (tertiary/aromatic N) is 1. The molecule has 2 heterocycles. The van der Waals surface area contributed by atoms with Gasteiger partial charge in [0.05, 0.1) is 10.0 Å². The minimum atomic E-state index is -0.154. The summed E-state index contributed by atoms with van der Waals surface area (Å²) in [6, 6.07) is 8.78. The number of rotatable bonds is 4. The fourth-order valence-corrected chi connectivity index (χ4v) is 3.97. The average molecular weight is 405 g/mol. The maximum Gasteiger partial charge on any atom is 0.260 e. The van der Waals surface area contributed by atoms with E-state index in [2.05, 4.69) is 45.2 Å². The lowest BCUT2D eigenvalue weighted by molar-refractivity contribution is 0.102. The highest BCUT2D eigenvalue weighted by atomic mass is 79.9. The fraction of sp³-hybridized carbons (Fsp3) is 0.450. The summed E-state index contributed by atoms with van der Waals surface area (Å²) in [6.07, 6.45) is 3.91. The maximum absolute atomic E-state index is 12.5. The Labute approximate surface area is 157 Å². The lowest BCUT2D eigenvalue weighted by atomic mass is 10.0. The number of anilines is 1. The van der Waals surface area contributed by atoms with Gasteiger partial charge in [-0.2, -0.15) is 0 Å². The van der Waals surface area contributed by atoms with Gasteiger partial charge >= 0.3 is 0 Å². The van der Waals surface area contributed by atoms with Crippen molar-refractivity contribution in [1.29, 1.82) is 0 Å². The van der Waals surface area contributed by atoms with Crippen LogP contribution in [0.2, 0.25) is 0 Å². The van der Waals surface area contributed by atoms with Gasteiger partial charge in [0.25, 0.3) is 5.91 Å². The van der Waals surface area contributed by atoms with Crippen molar-refractivity contribution >= 4 is 27.5 Å².